The zero-order valence-electron chi connectivity index (χ0n) is 12.0. The Balaban J connectivity index is 1.79. The highest BCUT2D eigenvalue weighted by Crippen LogP contribution is 2.28. The first-order valence-corrected chi connectivity index (χ1v) is 8.33. The number of rotatable bonds is 2. The van der Waals surface area contributed by atoms with Crippen molar-refractivity contribution in [2.24, 2.45) is 0 Å². The largest absolute Gasteiger partial charge is 0.338 e. The number of amides is 1. The third-order valence-corrected chi connectivity index (χ3v) is 5.43. The maximum Gasteiger partial charge on any atom is 0.263 e. The van der Waals surface area contributed by atoms with Crippen LogP contribution >= 0.6 is 11.3 Å². The fraction of sp³-hybridized carbons (Fsp3) is 0.471. The topological polar surface area (TPSA) is 20.3 Å². The summed E-state index contributed by atoms with van der Waals surface area (Å²) in [6.07, 6.45) is 7.48. The van der Waals surface area contributed by atoms with Crippen molar-refractivity contribution >= 4 is 27.3 Å². The van der Waals surface area contributed by atoms with Crippen LogP contribution in [-0.2, 0) is 0 Å². The second-order valence-corrected chi connectivity index (χ2v) is 6.79. The molecule has 1 aromatic carbocycles. The molecular formula is C17H21NOS. The van der Waals surface area contributed by atoms with Gasteiger partial charge in [0.1, 0.15) is 0 Å². The quantitative estimate of drug-likeness (QED) is 0.733. The van der Waals surface area contributed by atoms with E-state index in [1.165, 1.54) is 35.8 Å². The van der Waals surface area contributed by atoms with Crippen LogP contribution in [0, 0.1) is 0 Å². The molecule has 0 unspecified atom stereocenters. The molecule has 0 N–H and O–H groups in total. The third-order valence-electron chi connectivity index (χ3n) is 4.33. The Bertz CT molecular complexity index is 563. The predicted octanol–water partition coefficient (Wildman–Crippen LogP) is 4.70. The van der Waals surface area contributed by atoms with Crippen LogP contribution in [0.15, 0.2) is 30.3 Å². The molecule has 1 heterocycles. The van der Waals surface area contributed by atoms with Gasteiger partial charge in [-0.25, -0.2) is 0 Å². The minimum absolute atomic E-state index is 0.193. The zero-order chi connectivity index (χ0) is 13.9. The summed E-state index contributed by atoms with van der Waals surface area (Å²) >= 11 is 1.61. The molecule has 0 spiro atoms. The minimum atomic E-state index is 0.193. The standard InChI is InChI=1S/C17H21NOS/c1-18(14-9-4-2-3-5-10-14)17(19)16-12-13-8-6-7-11-15(13)20-16/h6-8,11-12,14H,2-5,9-10H2,1H3. The highest BCUT2D eigenvalue weighted by atomic mass is 32.1. The fourth-order valence-corrected chi connectivity index (χ4v) is 4.12. The Hall–Kier alpha value is -1.35. The summed E-state index contributed by atoms with van der Waals surface area (Å²) in [5, 5.41) is 1.18. The molecule has 1 amide bonds. The molecule has 0 atom stereocenters. The van der Waals surface area contributed by atoms with Crippen LogP contribution < -0.4 is 0 Å². The molecule has 1 aromatic heterocycles. The monoisotopic (exact) mass is 287 g/mol. The van der Waals surface area contributed by atoms with E-state index in [1.54, 1.807) is 11.3 Å². The van der Waals surface area contributed by atoms with Crippen LogP contribution in [0.5, 0.6) is 0 Å². The molecule has 2 nitrogen and oxygen atoms in total. The van der Waals surface area contributed by atoms with E-state index in [2.05, 4.69) is 12.1 Å². The fourth-order valence-electron chi connectivity index (χ4n) is 3.07. The summed E-state index contributed by atoms with van der Waals surface area (Å²) in [6.45, 7) is 0. The van der Waals surface area contributed by atoms with E-state index in [0.717, 1.165) is 17.7 Å². The lowest BCUT2D eigenvalue weighted by molar-refractivity contribution is 0.0722. The van der Waals surface area contributed by atoms with Gasteiger partial charge in [0.2, 0.25) is 0 Å². The predicted molar refractivity (Wildman–Crippen MR) is 85.4 cm³/mol. The minimum Gasteiger partial charge on any atom is -0.338 e. The van der Waals surface area contributed by atoms with Crippen molar-refractivity contribution in [2.75, 3.05) is 7.05 Å². The van der Waals surface area contributed by atoms with Gasteiger partial charge in [0.05, 0.1) is 4.88 Å². The summed E-state index contributed by atoms with van der Waals surface area (Å²) in [7, 11) is 1.97. The molecule has 0 bridgehead atoms. The van der Waals surface area contributed by atoms with Gasteiger partial charge in [0.15, 0.2) is 0 Å². The number of nitrogens with zero attached hydrogens (tertiary/aromatic N) is 1. The molecule has 1 aliphatic rings. The number of carbonyl (C=O) groups excluding carboxylic acids is 1. The third kappa shape index (κ3) is 2.73. The molecule has 3 heteroatoms. The van der Waals surface area contributed by atoms with Crippen molar-refractivity contribution in [3.63, 3.8) is 0 Å². The molecule has 2 aromatic rings. The maximum atomic E-state index is 12.7. The molecule has 0 aliphatic heterocycles. The van der Waals surface area contributed by atoms with Crippen LogP contribution in [0.3, 0.4) is 0 Å². The summed E-state index contributed by atoms with van der Waals surface area (Å²) in [5.41, 5.74) is 0. The number of fused-ring (bicyclic) bond motifs is 1. The molecule has 0 saturated heterocycles. The Morgan fingerprint density at radius 3 is 2.55 bits per heavy atom. The average Bonchev–Trinajstić information content (AvgIpc) is 2.72. The first-order chi connectivity index (χ1) is 9.75. The number of carbonyl (C=O) groups is 1. The maximum absolute atomic E-state index is 12.7. The number of hydrogen-bond donors (Lipinski definition) is 0. The Kier molecular flexibility index (Phi) is 4.06. The molecule has 3 rings (SSSR count). The van der Waals surface area contributed by atoms with E-state index in [-0.39, 0.29) is 5.91 Å². The Labute approximate surface area is 124 Å². The van der Waals surface area contributed by atoms with Crippen LogP contribution in [0.4, 0.5) is 0 Å². The van der Waals surface area contributed by atoms with Crippen molar-refractivity contribution in [2.45, 2.75) is 44.6 Å². The highest BCUT2D eigenvalue weighted by molar-refractivity contribution is 7.20. The van der Waals surface area contributed by atoms with Crippen molar-refractivity contribution in [3.05, 3.63) is 35.2 Å². The van der Waals surface area contributed by atoms with E-state index in [1.807, 2.05) is 30.1 Å². The first-order valence-electron chi connectivity index (χ1n) is 7.51. The number of hydrogen-bond acceptors (Lipinski definition) is 2. The molecule has 1 saturated carbocycles. The Morgan fingerprint density at radius 2 is 1.85 bits per heavy atom. The summed E-state index contributed by atoms with van der Waals surface area (Å²) in [6, 6.07) is 10.7. The SMILES string of the molecule is CN(C(=O)c1cc2ccccc2s1)C1CCCCCC1. The van der Waals surface area contributed by atoms with E-state index in [0.29, 0.717) is 6.04 Å². The smallest absolute Gasteiger partial charge is 0.263 e. The van der Waals surface area contributed by atoms with Gasteiger partial charge >= 0.3 is 0 Å². The molecule has 1 aliphatic carbocycles. The first kappa shape index (κ1) is 13.6. The summed E-state index contributed by atoms with van der Waals surface area (Å²) in [5.74, 6) is 0.193. The van der Waals surface area contributed by atoms with Crippen molar-refractivity contribution in [1.29, 1.82) is 0 Å². The number of thiophene rings is 1. The highest BCUT2D eigenvalue weighted by Gasteiger charge is 2.23. The van der Waals surface area contributed by atoms with Gasteiger partial charge in [-0.1, -0.05) is 43.9 Å². The lowest BCUT2D eigenvalue weighted by Gasteiger charge is -2.26. The second kappa shape index (κ2) is 5.96. The van der Waals surface area contributed by atoms with E-state index in [9.17, 15) is 4.79 Å². The van der Waals surface area contributed by atoms with Gasteiger partial charge in [0, 0.05) is 17.8 Å². The average molecular weight is 287 g/mol. The van der Waals surface area contributed by atoms with Crippen LogP contribution in [0.25, 0.3) is 10.1 Å². The van der Waals surface area contributed by atoms with Gasteiger partial charge in [-0.2, -0.15) is 0 Å². The molecular weight excluding hydrogens is 266 g/mol. The van der Waals surface area contributed by atoms with Gasteiger partial charge < -0.3 is 4.90 Å². The van der Waals surface area contributed by atoms with Gasteiger partial charge in [-0.15, -0.1) is 11.3 Å². The lowest BCUT2D eigenvalue weighted by atomic mass is 10.1. The van der Waals surface area contributed by atoms with Crippen molar-refractivity contribution in [3.8, 4) is 0 Å². The van der Waals surface area contributed by atoms with Crippen molar-refractivity contribution in [1.82, 2.24) is 4.90 Å². The van der Waals surface area contributed by atoms with Gasteiger partial charge in [0.25, 0.3) is 5.91 Å². The van der Waals surface area contributed by atoms with E-state index >= 15 is 0 Å². The van der Waals surface area contributed by atoms with Crippen molar-refractivity contribution < 1.29 is 4.79 Å². The van der Waals surface area contributed by atoms with Gasteiger partial charge in [-0.05, 0) is 30.4 Å². The molecule has 0 radical (unpaired) electrons. The molecule has 20 heavy (non-hydrogen) atoms. The lowest BCUT2D eigenvalue weighted by Crippen LogP contribution is -2.36. The van der Waals surface area contributed by atoms with E-state index in [4.69, 9.17) is 0 Å². The summed E-state index contributed by atoms with van der Waals surface area (Å²) in [4.78, 5) is 15.5. The number of benzene rings is 1. The normalized spacial score (nSPS) is 17.1. The molecule has 1 fully saturated rings. The van der Waals surface area contributed by atoms with Crippen LogP contribution in [-0.4, -0.2) is 23.9 Å². The Morgan fingerprint density at radius 1 is 1.15 bits per heavy atom. The van der Waals surface area contributed by atoms with E-state index < -0.39 is 0 Å². The zero-order valence-corrected chi connectivity index (χ0v) is 12.8. The van der Waals surface area contributed by atoms with Crippen LogP contribution in [0.1, 0.15) is 48.2 Å². The summed E-state index contributed by atoms with van der Waals surface area (Å²) < 4.78 is 1.20. The van der Waals surface area contributed by atoms with Gasteiger partial charge in [-0.3, -0.25) is 4.79 Å². The second-order valence-electron chi connectivity index (χ2n) is 5.71. The molecule has 106 valence electrons. The van der Waals surface area contributed by atoms with Crippen LogP contribution in [0.2, 0.25) is 0 Å².